The fraction of sp³-hybridized carbons (Fsp3) is 0.357. The number of aromatic nitrogens is 4. The van der Waals surface area contributed by atoms with E-state index < -0.39 is 0 Å². The average Bonchev–Trinajstić information content (AvgIpc) is 3.01. The first-order valence-corrected chi connectivity index (χ1v) is 7.34. The number of para-hydroxylation sites is 1. The van der Waals surface area contributed by atoms with Crippen LogP contribution >= 0.6 is 11.3 Å². The molecule has 0 aliphatic heterocycles. The minimum absolute atomic E-state index is 0.0460. The fourth-order valence-electron chi connectivity index (χ4n) is 1.84. The fourth-order valence-corrected chi connectivity index (χ4v) is 2.79. The van der Waals surface area contributed by atoms with Crippen molar-refractivity contribution in [1.29, 1.82) is 0 Å². The van der Waals surface area contributed by atoms with Crippen molar-refractivity contribution >= 4 is 21.6 Å². The van der Waals surface area contributed by atoms with Crippen LogP contribution < -0.4 is 5.32 Å². The average molecular weight is 287 g/mol. The minimum Gasteiger partial charge on any atom is -0.305 e. The summed E-state index contributed by atoms with van der Waals surface area (Å²) in [4.78, 5) is 8.93. The highest BCUT2D eigenvalue weighted by Crippen LogP contribution is 2.24. The second-order valence-electron chi connectivity index (χ2n) is 5.66. The van der Waals surface area contributed by atoms with Crippen molar-refractivity contribution in [1.82, 2.24) is 25.1 Å². The van der Waals surface area contributed by atoms with Crippen LogP contribution in [0.25, 0.3) is 15.3 Å². The second kappa shape index (κ2) is 4.96. The number of nitrogens with one attached hydrogen (secondary N) is 1. The number of hydrogen-bond acceptors (Lipinski definition) is 5. The summed E-state index contributed by atoms with van der Waals surface area (Å²) >= 11 is 1.62. The first-order valence-electron chi connectivity index (χ1n) is 6.53. The van der Waals surface area contributed by atoms with Gasteiger partial charge >= 0.3 is 0 Å². The van der Waals surface area contributed by atoms with E-state index in [1.165, 1.54) is 0 Å². The minimum atomic E-state index is 0.0460. The van der Waals surface area contributed by atoms with E-state index in [1.807, 2.05) is 22.9 Å². The van der Waals surface area contributed by atoms with E-state index in [1.54, 1.807) is 17.7 Å². The highest BCUT2D eigenvalue weighted by Gasteiger charge is 2.14. The molecule has 3 rings (SSSR count). The summed E-state index contributed by atoms with van der Waals surface area (Å²) in [6, 6.07) is 8.10. The quantitative estimate of drug-likeness (QED) is 0.805. The predicted molar refractivity (Wildman–Crippen MR) is 81.1 cm³/mol. The Balaban J connectivity index is 1.92. The zero-order chi connectivity index (χ0) is 14.2. The van der Waals surface area contributed by atoms with Crippen LogP contribution in [-0.2, 0) is 6.54 Å². The predicted octanol–water partition coefficient (Wildman–Crippen LogP) is 2.77. The van der Waals surface area contributed by atoms with E-state index in [4.69, 9.17) is 0 Å². The van der Waals surface area contributed by atoms with Crippen LogP contribution in [-0.4, -0.2) is 25.3 Å². The summed E-state index contributed by atoms with van der Waals surface area (Å²) in [7, 11) is 0. The van der Waals surface area contributed by atoms with Gasteiger partial charge in [-0.05, 0) is 32.9 Å². The van der Waals surface area contributed by atoms with E-state index in [2.05, 4.69) is 47.2 Å². The summed E-state index contributed by atoms with van der Waals surface area (Å²) in [6.45, 7) is 7.06. The van der Waals surface area contributed by atoms with Gasteiger partial charge in [0.05, 0.1) is 16.8 Å². The molecule has 0 bridgehead atoms. The van der Waals surface area contributed by atoms with E-state index in [9.17, 15) is 0 Å². The van der Waals surface area contributed by atoms with Gasteiger partial charge in [0.2, 0.25) is 5.13 Å². The third-order valence-corrected chi connectivity index (χ3v) is 3.87. The van der Waals surface area contributed by atoms with Crippen LogP contribution in [0.1, 0.15) is 26.6 Å². The number of benzene rings is 1. The van der Waals surface area contributed by atoms with Crippen molar-refractivity contribution < 1.29 is 0 Å². The summed E-state index contributed by atoms with van der Waals surface area (Å²) < 4.78 is 2.97. The molecule has 1 N–H and O–H groups in total. The van der Waals surface area contributed by atoms with Crippen molar-refractivity contribution in [3.63, 3.8) is 0 Å². The zero-order valence-electron chi connectivity index (χ0n) is 11.8. The summed E-state index contributed by atoms with van der Waals surface area (Å²) in [5, 5.41) is 8.57. The number of thiazole rings is 1. The molecule has 1 aromatic carbocycles. The van der Waals surface area contributed by atoms with Crippen molar-refractivity contribution in [2.75, 3.05) is 0 Å². The van der Waals surface area contributed by atoms with Crippen LogP contribution in [0.3, 0.4) is 0 Å². The Labute approximate surface area is 121 Å². The van der Waals surface area contributed by atoms with Gasteiger partial charge in [-0.2, -0.15) is 9.78 Å². The first-order chi connectivity index (χ1) is 9.53. The molecule has 0 fully saturated rings. The van der Waals surface area contributed by atoms with Gasteiger partial charge in [-0.3, -0.25) is 0 Å². The molecule has 0 saturated heterocycles. The standard InChI is InChI=1S/C14H17N5S/c1-14(2,3)16-8-12-15-9-17-19(12)13-18-10-6-4-5-7-11(10)20-13/h4-7,9,16H,8H2,1-3H3. The molecule has 0 amide bonds. The highest BCUT2D eigenvalue weighted by atomic mass is 32.1. The molecule has 5 nitrogen and oxygen atoms in total. The number of rotatable bonds is 3. The Bertz CT molecular complexity index is 689. The number of fused-ring (bicyclic) bond motifs is 1. The molecule has 2 aromatic heterocycles. The molecule has 0 aliphatic rings. The second-order valence-corrected chi connectivity index (χ2v) is 6.66. The summed E-state index contributed by atoms with van der Waals surface area (Å²) in [6.07, 6.45) is 1.58. The Morgan fingerprint density at radius 1 is 1.25 bits per heavy atom. The summed E-state index contributed by atoms with van der Waals surface area (Å²) in [5.41, 5.74) is 1.04. The SMILES string of the molecule is CC(C)(C)NCc1ncnn1-c1nc2ccccc2s1. The Kier molecular flexibility index (Phi) is 3.27. The molecular weight excluding hydrogens is 270 g/mol. The lowest BCUT2D eigenvalue weighted by atomic mass is 10.1. The number of nitrogens with zero attached hydrogens (tertiary/aromatic N) is 4. The largest absolute Gasteiger partial charge is 0.305 e. The van der Waals surface area contributed by atoms with Crippen molar-refractivity contribution in [2.45, 2.75) is 32.9 Å². The molecule has 104 valence electrons. The lowest BCUT2D eigenvalue weighted by molar-refractivity contribution is 0.415. The third kappa shape index (κ3) is 2.71. The van der Waals surface area contributed by atoms with Gasteiger partial charge in [0.25, 0.3) is 0 Å². The molecular formula is C14H17N5S. The van der Waals surface area contributed by atoms with Crippen LogP contribution in [0, 0.1) is 0 Å². The van der Waals surface area contributed by atoms with Crippen LogP contribution in [0.5, 0.6) is 0 Å². The van der Waals surface area contributed by atoms with Crippen molar-refractivity contribution in [3.8, 4) is 5.13 Å². The van der Waals surface area contributed by atoms with Crippen LogP contribution in [0.4, 0.5) is 0 Å². The number of hydrogen-bond donors (Lipinski definition) is 1. The van der Waals surface area contributed by atoms with E-state index in [-0.39, 0.29) is 5.54 Å². The third-order valence-electron chi connectivity index (χ3n) is 2.86. The van der Waals surface area contributed by atoms with E-state index in [0.29, 0.717) is 6.54 Å². The Morgan fingerprint density at radius 3 is 2.80 bits per heavy atom. The van der Waals surface area contributed by atoms with Crippen LogP contribution in [0.2, 0.25) is 0 Å². The first kappa shape index (κ1) is 13.2. The molecule has 0 saturated carbocycles. The molecule has 2 heterocycles. The Morgan fingerprint density at radius 2 is 2.05 bits per heavy atom. The van der Waals surface area contributed by atoms with Crippen molar-refractivity contribution in [3.05, 3.63) is 36.4 Å². The molecule has 6 heteroatoms. The molecule has 3 aromatic rings. The molecule has 20 heavy (non-hydrogen) atoms. The zero-order valence-corrected chi connectivity index (χ0v) is 12.6. The molecule has 0 atom stereocenters. The monoisotopic (exact) mass is 287 g/mol. The smallest absolute Gasteiger partial charge is 0.213 e. The molecule has 0 unspecified atom stereocenters. The lowest BCUT2D eigenvalue weighted by Crippen LogP contribution is -2.35. The topological polar surface area (TPSA) is 55.6 Å². The van der Waals surface area contributed by atoms with Crippen LogP contribution in [0.15, 0.2) is 30.6 Å². The van der Waals surface area contributed by atoms with Gasteiger partial charge < -0.3 is 5.32 Å². The summed E-state index contributed by atoms with van der Waals surface area (Å²) in [5.74, 6) is 0.874. The maximum Gasteiger partial charge on any atom is 0.213 e. The van der Waals surface area contributed by atoms with Gasteiger partial charge in [0.15, 0.2) is 0 Å². The highest BCUT2D eigenvalue weighted by molar-refractivity contribution is 7.20. The normalized spacial score (nSPS) is 12.2. The van der Waals surface area contributed by atoms with Gasteiger partial charge in [0.1, 0.15) is 12.2 Å². The molecule has 0 aliphatic carbocycles. The Hall–Kier alpha value is -1.79. The lowest BCUT2D eigenvalue weighted by Gasteiger charge is -2.19. The van der Waals surface area contributed by atoms with Crippen molar-refractivity contribution in [2.24, 2.45) is 0 Å². The maximum absolute atomic E-state index is 4.61. The van der Waals surface area contributed by atoms with Gasteiger partial charge in [0, 0.05) is 5.54 Å². The van der Waals surface area contributed by atoms with Gasteiger partial charge in [-0.1, -0.05) is 23.5 Å². The molecule has 0 radical (unpaired) electrons. The van der Waals surface area contributed by atoms with Gasteiger partial charge in [-0.15, -0.1) is 0 Å². The molecule has 0 spiro atoms. The van der Waals surface area contributed by atoms with Gasteiger partial charge in [-0.25, -0.2) is 9.97 Å². The van der Waals surface area contributed by atoms with E-state index in [0.717, 1.165) is 21.2 Å². The van der Waals surface area contributed by atoms with E-state index >= 15 is 0 Å². The maximum atomic E-state index is 4.61.